The van der Waals surface area contributed by atoms with Crippen LogP contribution in [-0.2, 0) is 9.53 Å². The van der Waals surface area contributed by atoms with E-state index in [1.165, 1.54) is 6.42 Å². The van der Waals surface area contributed by atoms with Crippen LogP contribution in [0.15, 0.2) is 30.6 Å². The second kappa shape index (κ2) is 9.78. The maximum absolute atomic E-state index is 13.3. The lowest BCUT2D eigenvalue weighted by molar-refractivity contribution is -0.117. The quantitative estimate of drug-likeness (QED) is 0.722. The number of ether oxygens (including phenoxy) is 1. The van der Waals surface area contributed by atoms with Crippen molar-refractivity contribution in [2.45, 2.75) is 77.0 Å². The van der Waals surface area contributed by atoms with Crippen LogP contribution in [0.25, 0.3) is 11.1 Å². The number of hydrogen-bond donors (Lipinski definition) is 1. The molecule has 0 radical (unpaired) electrons. The topological polar surface area (TPSA) is 79.7 Å². The van der Waals surface area contributed by atoms with Crippen LogP contribution in [0.1, 0.15) is 64.8 Å². The molecule has 34 heavy (non-hydrogen) atoms. The number of carbonyl (C=O) groups is 2. The zero-order chi connectivity index (χ0) is 23.7. The predicted octanol–water partition coefficient (Wildman–Crippen LogP) is 4.51. The van der Waals surface area contributed by atoms with Crippen LogP contribution in [-0.4, -0.2) is 53.6 Å². The van der Waals surface area contributed by atoms with E-state index in [0.29, 0.717) is 12.6 Å². The second-order valence-electron chi connectivity index (χ2n) is 9.89. The van der Waals surface area contributed by atoms with Crippen LogP contribution < -0.4 is 15.1 Å². The third kappa shape index (κ3) is 4.56. The zero-order valence-corrected chi connectivity index (χ0v) is 20.2. The summed E-state index contributed by atoms with van der Waals surface area (Å²) < 4.78 is 7.99. The highest BCUT2D eigenvalue weighted by Gasteiger charge is 2.35. The standard InChI is InChI=1S/C26H35N5O3/c1-18-16-29(26(33)34-23-6-4-3-5-7-23)25-14-20(8-9-24(25)31(18)19(2)32)21-15-28-30(17-21)22-10-12-27-13-11-22/h8-9,14-15,17-18,22-23,27H,3-7,10-13,16H2,1-2H3. The highest BCUT2D eigenvalue weighted by atomic mass is 16.6. The van der Waals surface area contributed by atoms with Gasteiger partial charge in [-0.1, -0.05) is 12.5 Å². The monoisotopic (exact) mass is 465 g/mol. The molecular weight excluding hydrogens is 430 g/mol. The molecule has 1 N–H and O–H groups in total. The van der Waals surface area contributed by atoms with Gasteiger partial charge in [0.05, 0.1) is 29.7 Å². The molecule has 0 bridgehead atoms. The molecular formula is C26H35N5O3. The maximum atomic E-state index is 13.3. The lowest BCUT2D eigenvalue weighted by Crippen LogP contribution is -2.52. The normalized spacial score (nSPS) is 21.9. The molecule has 2 fully saturated rings. The summed E-state index contributed by atoms with van der Waals surface area (Å²) in [6.07, 6.45) is 11.1. The lowest BCUT2D eigenvalue weighted by atomic mass is 9.98. The molecule has 1 aromatic carbocycles. The molecule has 1 saturated heterocycles. The number of aromatic nitrogens is 2. The summed E-state index contributed by atoms with van der Waals surface area (Å²) in [5, 5.41) is 8.03. The van der Waals surface area contributed by atoms with Crippen molar-refractivity contribution in [3.05, 3.63) is 30.6 Å². The molecule has 0 spiro atoms. The Labute approximate surface area is 201 Å². The number of fused-ring (bicyclic) bond motifs is 1. The van der Waals surface area contributed by atoms with Gasteiger partial charge in [-0.2, -0.15) is 5.10 Å². The van der Waals surface area contributed by atoms with Crippen LogP contribution >= 0.6 is 0 Å². The van der Waals surface area contributed by atoms with Crippen LogP contribution in [0.2, 0.25) is 0 Å². The lowest BCUT2D eigenvalue weighted by Gasteiger charge is -2.41. The van der Waals surface area contributed by atoms with E-state index in [0.717, 1.165) is 74.1 Å². The first-order valence-electron chi connectivity index (χ1n) is 12.7. The summed E-state index contributed by atoms with van der Waals surface area (Å²) in [6.45, 7) is 5.98. The molecule has 8 nitrogen and oxygen atoms in total. The predicted molar refractivity (Wildman–Crippen MR) is 132 cm³/mol. The van der Waals surface area contributed by atoms with Crippen LogP contribution in [0.5, 0.6) is 0 Å². The van der Waals surface area contributed by atoms with E-state index >= 15 is 0 Å². The Hall–Kier alpha value is -2.87. The van der Waals surface area contributed by atoms with Gasteiger partial charge in [0.1, 0.15) is 6.10 Å². The number of amides is 2. The minimum absolute atomic E-state index is 0.0164. The molecule has 3 aliphatic rings. The smallest absolute Gasteiger partial charge is 0.414 e. The minimum atomic E-state index is -0.314. The van der Waals surface area contributed by atoms with Crippen molar-refractivity contribution < 1.29 is 14.3 Å². The molecule has 1 unspecified atom stereocenters. The van der Waals surface area contributed by atoms with E-state index in [1.807, 2.05) is 31.3 Å². The number of nitrogens with one attached hydrogen (secondary N) is 1. The van der Waals surface area contributed by atoms with Crippen LogP contribution in [0, 0.1) is 0 Å². The fraction of sp³-hybridized carbons (Fsp3) is 0.577. The number of rotatable bonds is 3. The molecule has 1 saturated carbocycles. The van der Waals surface area contributed by atoms with Crippen molar-refractivity contribution in [1.82, 2.24) is 15.1 Å². The van der Waals surface area contributed by atoms with E-state index in [1.54, 1.807) is 16.7 Å². The van der Waals surface area contributed by atoms with Gasteiger partial charge in [-0.05, 0) is 76.2 Å². The third-order valence-electron chi connectivity index (χ3n) is 7.41. The van der Waals surface area contributed by atoms with Crippen molar-refractivity contribution in [3.8, 4) is 11.1 Å². The molecule has 1 atom stereocenters. The number of carbonyl (C=O) groups excluding carboxylic acids is 2. The Morgan fingerprint density at radius 2 is 1.79 bits per heavy atom. The molecule has 182 valence electrons. The van der Waals surface area contributed by atoms with Gasteiger partial charge in [-0.15, -0.1) is 0 Å². The minimum Gasteiger partial charge on any atom is -0.446 e. The van der Waals surface area contributed by atoms with Gasteiger partial charge in [-0.3, -0.25) is 14.4 Å². The Morgan fingerprint density at radius 1 is 1.03 bits per heavy atom. The summed E-state index contributed by atoms with van der Waals surface area (Å²) in [5.74, 6) is -0.0273. The molecule has 5 rings (SSSR count). The number of nitrogens with zero attached hydrogens (tertiary/aromatic N) is 4. The first-order chi connectivity index (χ1) is 16.5. The largest absolute Gasteiger partial charge is 0.446 e. The van der Waals surface area contributed by atoms with Gasteiger partial charge >= 0.3 is 6.09 Å². The third-order valence-corrected chi connectivity index (χ3v) is 7.41. The Balaban J connectivity index is 1.45. The molecule has 3 heterocycles. The highest BCUT2D eigenvalue weighted by Crippen LogP contribution is 2.39. The zero-order valence-electron chi connectivity index (χ0n) is 20.2. The molecule has 2 aromatic rings. The Bertz CT molecular complexity index is 1040. The first kappa shape index (κ1) is 22.9. The van der Waals surface area contributed by atoms with Crippen molar-refractivity contribution >= 4 is 23.4 Å². The van der Waals surface area contributed by atoms with Gasteiger partial charge in [0, 0.05) is 25.2 Å². The summed E-state index contributed by atoms with van der Waals surface area (Å²) >= 11 is 0. The summed E-state index contributed by atoms with van der Waals surface area (Å²) in [4.78, 5) is 29.3. The molecule has 2 amide bonds. The van der Waals surface area contributed by atoms with Gasteiger partial charge in [0.2, 0.25) is 5.91 Å². The fourth-order valence-electron chi connectivity index (χ4n) is 5.60. The van der Waals surface area contributed by atoms with E-state index in [2.05, 4.69) is 21.3 Å². The SMILES string of the molecule is CC(=O)N1c2ccc(-c3cnn(C4CCNCC4)c3)cc2N(C(=O)OC2CCCCC2)CC1C. The summed E-state index contributed by atoms with van der Waals surface area (Å²) in [5.41, 5.74) is 3.46. The van der Waals surface area contributed by atoms with Gasteiger partial charge in [-0.25, -0.2) is 4.79 Å². The molecule has 8 heteroatoms. The van der Waals surface area contributed by atoms with Crippen molar-refractivity contribution in [2.75, 3.05) is 29.4 Å². The van der Waals surface area contributed by atoms with Gasteiger partial charge in [0.15, 0.2) is 0 Å². The van der Waals surface area contributed by atoms with Crippen LogP contribution in [0.3, 0.4) is 0 Å². The summed E-state index contributed by atoms with van der Waals surface area (Å²) in [6, 6.07) is 6.25. The van der Waals surface area contributed by atoms with E-state index in [9.17, 15) is 9.59 Å². The average molecular weight is 466 g/mol. The Kier molecular flexibility index (Phi) is 6.59. The van der Waals surface area contributed by atoms with E-state index in [-0.39, 0.29) is 24.1 Å². The molecule has 2 aliphatic heterocycles. The highest BCUT2D eigenvalue weighted by molar-refractivity contribution is 6.03. The van der Waals surface area contributed by atoms with Crippen molar-refractivity contribution in [3.63, 3.8) is 0 Å². The Morgan fingerprint density at radius 3 is 2.53 bits per heavy atom. The van der Waals surface area contributed by atoms with Gasteiger partial charge < -0.3 is 15.0 Å². The fourth-order valence-corrected chi connectivity index (χ4v) is 5.60. The van der Waals surface area contributed by atoms with Crippen molar-refractivity contribution in [1.29, 1.82) is 0 Å². The van der Waals surface area contributed by atoms with Crippen molar-refractivity contribution in [2.24, 2.45) is 0 Å². The second-order valence-corrected chi connectivity index (χ2v) is 9.89. The number of hydrogen-bond acceptors (Lipinski definition) is 5. The molecule has 1 aromatic heterocycles. The number of anilines is 2. The van der Waals surface area contributed by atoms with E-state index in [4.69, 9.17) is 4.74 Å². The average Bonchev–Trinajstić information content (AvgIpc) is 3.34. The number of piperidine rings is 1. The first-order valence-corrected chi connectivity index (χ1v) is 12.7. The number of benzene rings is 1. The van der Waals surface area contributed by atoms with Crippen LogP contribution in [0.4, 0.5) is 16.2 Å². The van der Waals surface area contributed by atoms with E-state index < -0.39 is 0 Å². The maximum Gasteiger partial charge on any atom is 0.414 e. The molecule has 1 aliphatic carbocycles. The summed E-state index contributed by atoms with van der Waals surface area (Å²) in [7, 11) is 0. The van der Waals surface area contributed by atoms with Gasteiger partial charge in [0.25, 0.3) is 0 Å².